The molecule has 9 N–H and O–H groups in total. The van der Waals surface area contributed by atoms with Crippen molar-refractivity contribution in [2.45, 2.75) is 39.1 Å². The van der Waals surface area contributed by atoms with Gasteiger partial charge in [0.25, 0.3) is 0 Å². The molecule has 0 saturated heterocycles. The number of rotatable bonds is 8. The lowest BCUT2D eigenvalue weighted by Crippen LogP contribution is -2.60. The number of nitrogens with one attached hydrogen (secondary N) is 5. The molecule has 0 spiro atoms. The van der Waals surface area contributed by atoms with Crippen LogP contribution in [0.25, 0.3) is 0 Å². The third-order valence-corrected chi connectivity index (χ3v) is 1.13. The van der Waals surface area contributed by atoms with Gasteiger partial charge >= 0.3 is 0 Å². The van der Waals surface area contributed by atoms with E-state index in [1.807, 2.05) is 19.4 Å². The molecule has 0 bridgehead atoms. The molecule has 0 aromatic rings. The Balaban J connectivity index is 3.65. The molecule has 0 heterocycles. The standard InChI is InChI=1S/C6H21N7O2/c1-5(2,7)9-6(3,4)14-12-13-15-11-10-8/h9-13H,7-8H2,1-4H3. The van der Waals surface area contributed by atoms with Crippen LogP contribution >= 0.6 is 0 Å². The Kier molecular flexibility index (Phi) is 6.12. The van der Waals surface area contributed by atoms with Crippen LogP contribution in [-0.2, 0) is 9.78 Å². The average molecular weight is 223 g/mol. The zero-order chi connectivity index (χ0) is 11.9. The second-order valence-electron chi connectivity index (χ2n) is 4.01. The van der Waals surface area contributed by atoms with Crippen molar-refractivity contribution in [2.24, 2.45) is 11.6 Å². The van der Waals surface area contributed by atoms with Crippen LogP contribution in [0.1, 0.15) is 27.7 Å². The molecule has 0 unspecified atom stereocenters. The molecule has 0 aliphatic rings. The van der Waals surface area contributed by atoms with Gasteiger partial charge in [-0.05, 0) is 27.7 Å². The fourth-order valence-corrected chi connectivity index (χ4v) is 1.03. The predicted molar refractivity (Wildman–Crippen MR) is 54.4 cm³/mol. The molecular formula is C6H21N7O2. The van der Waals surface area contributed by atoms with Crippen molar-refractivity contribution in [1.82, 2.24) is 27.6 Å². The summed E-state index contributed by atoms with van der Waals surface area (Å²) in [5, 5.41) is 3.02. The smallest absolute Gasteiger partial charge is 0.137 e. The topological polar surface area (TPSA) is 131 Å². The largest absolute Gasteiger partial charge is 0.314 e. The highest BCUT2D eigenvalue weighted by Gasteiger charge is 2.25. The van der Waals surface area contributed by atoms with Gasteiger partial charge in [-0.25, -0.2) is 0 Å². The van der Waals surface area contributed by atoms with Gasteiger partial charge in [-0.1, -0.05) is 5.59 Å². The minimum atomic E-state index is -0.676. The van der Waals surface area contributed by atoms with Crippen molar-refractivity contribution < 1.29 is 9.78 Å². The molecule has 0 saturated carbocycles. The Morgan fingerprint density at radius 1 is 1.00 bits per heavy atom. The average Bonchev–Trinajstić information content (AvgIpc) is 1.99. The highest BCUT2D eigenvalue weighted by molar-refractivity contribution is 4.76. The van der Waals surface area contributed by atoms with E-state index in [1.165, 1.54) is 0 Å². The van der Waals surface area contributed by atoms with E-state index in [9.17, 15) is 0 Å². The summed E-state index contributed by atoms with van der Waals surface area (Å²) in [5.74, 6) is 4.86. The highest BCUT2D eigenvalue weighted by atomic mass is 16.9. The van der Waals surface area contributed by atoms with E-state index in [0.29, 0.717) is 0 Å². The molecule has 0 amide bonds. The van der Waals surface area contributed by atoms with Crippen LogP contribution in [0, 0.1) is 0 Å². The van der Waals surface area contributed by atoms with Crippen molar-refractivity contribution in [2.75, 3.05) is 0 Å². The summed E-state index contributed by atoms with van der Waals surface area (Å²) in [6.45, 7) is 7.24. The molecule has 0 atom stereocenters. The van der Waals surface area contributed by atoms with E-state index in [-0.39, 0.29) is 0 Å². The molecule has 9 nitrogen and oxygen atoms in total. The Morgan fingerprint density at radius 3 is 2.07 bits per heavy atom. The summed E-state index contributed by atoms with van der Waals surface area (Å²) in [6.07, 6.45) is 0. The van der Waals surface area contributed by atoms with Gasteiger partial charge in [0, 0.05) is 0 Å². The van der Waals surface area contributed by atoms with Gasteiger partial charge in [0.2, 0.25) is 0 Å². The van der Waals surface area contributed by atoms with Crippen molar-refractivity contribution in [1.29, 1.82) is 0 Å². The monoisotopic (exact) mass is 223 g/mol. The van der Waals surface area contributed by atoms with E-state index in [4.69, 9.17) is 16.4 Å². The van der Waals surface area contributed by atoms with Crippen molar-refractivity contribution in [3.8, 4) is 0 Å². The van der Waals surface area contributed by atoms with E-state index in [0.717, 1.165) is 0 Å². The number of hydrazine groups is 3. The van der Waals surface area contributed by atoms with Crippen LogP contribution in [0.4, 0.5) is 0 Å². The maximum atomic E-state index is 5.76. The first-order valence-corrected chi connectivity index (χ1v) is 4.39. The molecule has 0 fully saturated rings. The minimum absolute atomic E-state index is 0.552. The molecule has 0 radical (unpaired) electrons. The molecule has 92 valence electrons. The fourth-order valence-electron chi connectivity index (χ4n) is 1.03. The molecule has 9 heteroatoms. The molecular weight excluding hydrogens is 202 g/mol. The van der Waals surface area contributed by atoms with Crippen molar-refractivity contribution in [3.05, 3.63) is 0 Å². The van der Waals surface area contributed by atoms with Gasteiger partial charge < -0.3 is 5.73 Å². The maximum absolute atomic E-state index is 5.76. The zero-order valence-electron chi connectivity index (χ0n) is 9.47. The minimum Gasteiger partial charge on any atom is -0.314 e. The summed E-state index contributed by atoms with van der Waals surface area (Å²) >= 11 is 0. The fraction of sp³-hybridized carbons (Fsp3) is 1.00. The maximum Gasteiger partial charge on any atom is 0.137 e. The van der Waals surface area contributed by atoms with E-state index >= 15 is 0 Å². The number of hydrogen-bond donors (Lipinski definition) is 7. The Morgan fingerprint density at radius 2 is 1.60 bits per heavy atom. The van der Waals surface area contributed by atoms with Crippen molar-refractivity contribution in [3.63, 3.8) is 0 Å². The first-order valence-electron chi connectivity index (χ1n) is 4.39. The summed E-state index contributed by atoms with van der Waals surface area (Å²) in [6, 6.07) is 0. The quantitative estimate of drug-likeness (QED) is 0.106. The van der Waals surface area contributed by atoms with Gasteiger partial charge in [-0.2, -0.15) is 10.5 Å². The first kappa shape index (κ1) is 14.6. The highest BCUT2D eigenvalue weighted by Crippen LogP contribution is 2.06. The summed E-state index contributed by atoms with van der Waals surface area (Å²) < 4.78 is 0. The van der Waals surface area contributed by atoms with Gasteiger partial charge in [-0.15, -0.1) is 11.2 Å². The Hall–Kier alpha value is -0.360. The first-order chi connectivity index (χ1) is 6.77. The van der Waals surface area contributed by atoms with Crippen LogP contribution in [-0.4, -0.2) is 11.4 Å². The van der Waals surface area contributed by atoms with Gasteiger partial charge in [0.05, 0.1) is 5.66 Å². The third kappa shape index (κ3) is 9.93. The molecule has 0 aromatic heterocycles. The van der Waals surface area contributed by atoms with Crippen LogP contribution in [0.5, 0.6) is 0 Å². The molecule has 0 aromatic carbocycles. The third-order valence-electron chi connectivity index (χ3n) is 1.13. The Bertz CT molecular complexity index is 169. The molecule has 0 aliphatic heterocycles. The Labute approximate surface area is 89.0 Å². The SMILES string of the molecule is CC(C)(N)NC(C)(C)ONNONNN. The summed E-state index contributed by atoms with van der Waals surface area (Å²) in [5.41, 5.74) is 13.2. The van der Waals surface area contributed by atoms with Gasteiger partial charge in [0.15, 0.2) is 0 Å². The molecule has 0 aliphatic carbocycles. The van der Waals surface area contributed by atoms with E-state index in [2.05, 4.69) is 27.0 Å². The summed E-state index contributed by atoms with van der Waals surface area (Å²) in [7, 11) is 0. The lowest BCUT2D eigenvalue weighted by molar-refractivity contribution is -0.209. The zero-order valence-corrected chi connectivity index (χ0v) is 9.47. The molecule has 0 rings (SSSR count). The lowest BCUT2D eigenvalue weighted by Gasteiger charge is -2.33. The van der Waals surface area contributed by atoms with Gasteiger partial charge in [-0.3, -0.25) is 16.0 Å². The van der Waals surface area contributed by atoms with Crippen LogP contribution in [0.2, 0.25) is 0 Å². The van der Waals surface area contributed by atoms with Crippen LogP contribution < -0.4 is 39.2 Å². The summed E-state index contributed by atoms with van der Waals surface area (Å²) in [4.78, 5) is 9.64. The van der Waals surface area contributed by atoms with Crippen molar-refractivity contribution >= 4 is 0 Å². The predicted octanol–water partition coefficient (Wildman–Crippen LogP) is -2.15. The number of nitrogens with two attached hydrogens (primary N) is 2. The second-order valence-corrected chi connectivity index (χ2v) is 4.01. The van der Waals surface area contributed by atoms with Crippen LogP contribution in [0.15, 0.2) is 0 Å². The number of hydrogen-bond acceptors (Lipinski definition) is 9. The van der Waals surface area contributed by atoms with Crippen LogP contribution in [0.3, 0.4) is 0 Å². The molecule has 15 heavy (non-hydrogen) atoms. The van der Waals surface area contributed by atoms with Gasteiger partial charge in [0.1, 0.15) is 5.72 Å². The second kappa shape index (κ2) is 6.27. The normalized spacial score (nSPS) is 13.2. The lowest BCUT2D eigenvalue weighted by atomic mass is 10.2. The van der Waals surface area contributed by atoms with E-state index < -0.39 is 11.4 Å². The van der Waals surface area contributed by atoms with E-state index in [1.54, 1.807) is 13.8 Å².